The number of halogens is 2. The first-order valence-electron chi connectivity index (χ1n) is 6.98. The van der Waals surface area contributed by atoms with Crippen molar-refractivity contribution in [3.63, 3.8) is 0 Å². The number of ether oxygens (including phenoxy) is 1. The summed E-state index contributed by atoms with van der Waals surface area (Å²) in [6.07, 6.45) is 3.46. The normalized spacial score (nSPS) is 21.3. The van der Waals surface area contributed by atoms with Crippen molar-refractivity contribution in [2.75, 3.05) is 19.8 Å². The first-order valence-corrected chi connectivity index (χ1v) is 8.15. The molecule has 2 rings (SSSR count). The van der Waals surface area contributed by atoms with E-state index in [4.69, 9.17) is 16.3 Å². The summed E-state index contributed by atoms with van der Waals surface area (Å²) < 4.78 is 6.72. The summed E-state index contributed by atoms with van der Waals surface area (Å²) in [6, 6.07) is 6.36. The zero-order valence-corrected chi connectivity index (χ0v) is 13.6. The van der Waals surface area contributed by atoms with Gasteiger partial charge in [-0.3, -0.25) is 0 Å². The van der Waals surface area contributed by atoms with Crippen molar-refractivity contribution >= 4 is 27.5 Å². The highest BCUT2D eigenvalue weighted by Crippen LogP contribution is 2.34. The Morgan fingerprint density at radius 2 is 2.37 bits per heavy atom. The molecule has 2 nitrogen and oxygen atoms in total. The second-order valence-electron chi connectivity index (χ2n) is 5.07. The van der Waals surface area contributed by atoms with Gasteiger partial charge < -0.3 is 10.1 Å². The Morgan fingerprint density at radius 3 is 3.05 bits per heavy atom. The molecule has 1 heterocycles. The molecule has 1 saturated heterocycles. The summed E-state index contributed by atoms with van der Waals surface area (Å²) in [5, 5.41) is 4.47. The lowest BCUT2D eigenvalue weighted by molar-refractivity contribution is 0.0390. The maximum atomic E-state index is 6.39. The van der Waals surface area contributed by atoms with Crippen molar-refractivity contribution in [1.29, 1.82) is 0 Å². The minimum atomic E-state index is 0.283. The molecule has 1 aromatic rings. The van der Waals surface area contributed by atoms with Gasteiger partial charge in [-0.1, -0.05) is 34.5 Å². The summed E-state index contributed by atoms with van der Waals surface area (Å²) in [4.78, 5) is 0. The Morgan fingerprint density at radius 1 is 1.53 bits per heavy atom. The van der Waals surface area contributed by atoms with Crippen LogP contribution in [0.3, 0.4) is 0 Å². The van der Waals surface area contributed by atoms with Crippen LogP contribution in [0.2, 0.25) is 5.02 Å². The lowest BCUT2D eigenvalue weighted by Crippen LogP contribution is -2.34. The minimum absolute atomic E-state index is 0.283. The molecule has 1 aromatic carbocycles. The van der Waals surface area contributed by atoms with E-state index in [-0.39, 0.29) is 6.04 Å². The fraction of sp³-hybridized carbons (Fsp3) is 0.600. The number of rotatable bonds is 5. The highest BCUT2D eigenvalue weighted by atomic mass is 79.9. The van der Waals surface area contributed by atoms with Gasteiger partial charge >= 0.3 is 0 Å². The largest absolute Gasteiger partial charge is 0.381 e. The van der Waals surface area contributed by atoms with Gasteiger partial charge in [-0.05, 0) is 49.6 Å². The van der Waals surface area contributed by atoms with Crippen molar-refractivity contribution in [2.45, 2.75) is 32.2 Å². The van der Waals surface area contributed by atoms with Crippen molar-refractivity contribution in [3.05, 3.63) is 33.3 Å². The van der Waals surface area contributed by atoms with Gasteiger partial charge in [0.1, 0.15) is 0 Å². The maximum Gasteiger partial charge on any atom is 0.0512 e. The first-order chi connectivity index (χ1) is 9.22. The molecule has 0 radical (unpaired) electrons. The van der Waals surface area contributed by atoms with Crippen molar-refractivity contribution in [1.82, 2.24) is 5.32 Å². The molecule has 4 heteroatoms. The Kier molecular flexibility index (Phi) is 6.14. The molecule has 2 atom stereocenters. The zero-order chi connectivity index (χ0) is 13.7. The molecule has 0 amide bonds. The Hall–Kier alpha value is -0.0900. The average Bonchev–Trinajstić information content (AvgIpc) is 2.44. The van der Waals surface area contributed by atoms with Crippen LogP contribution in [-0.4, -0.2) is 19.8 Å². The van der Waals surface area contributed by atoms with Crippen molar-refractivity contribution in [3.8, 4) is 0 Å². The predicted octanol–water partition coefficient (Wildman–Crippen LogP) is 4.57. The molecule has 1 N–H and O–H groups in total. The molecule has 0 bridgehead atoms. The Bertz CT molecular complexity index is 407. The van der Waals surface area contributed by atoms with Crippen molar-refractivity contribution < 1.29 is 4.74 Å². The van der Waals surface area contributed by atoms with Crippen LogP contribution in [0, 0.1) is 5.92 Å². The van der Waals surface area contributed by atoms with Crippen LogP contribution < -0.4 is 5.32 Å². The molecule has 0 spiro atoms. The van der Waals surface area contributed by atoms with E-state index in [9.17, 15) is 0 Å². The van der Waals surface area contributed by atoms with Gasteiger partial charge in [0, 0.05) is 28.1 Å². The van der Waals surface area contributed by atoms with Gasteiger partial charge in [0.05, 0.1) is 6.61 Å². The van der Waals surface area contributed by atoms with Crippen LogP contribution in [0.1, 0.15) is 37.8 Å². The van der Waals surface area contributed by atoms with Gasteiger partial charge in [0.25, 0.3) is 0 Å². The second-order valence-corrected chi connectivity index (χ2v) is 6.40. The Labute approximate surface area is 129 Å². The third-order valence-corrected chi connectivity index (χ3v) is 4.41. The molecule has 0 saturated carbocycles. The molecule has 1 aliphatic heterocycles. The third-order valence-electron chi connectivity index (χ3n) is 3.57. The van der Waals surface area contributed by atoms with E-state index in [2.05, 4.69) is 34.2 Å². The van der Waals surface area contributed by atoms with Gasteiger partial charge in [-0.25, -0.2) is 0 Å². The molecule has 106 valence electrons. The second kappa shape index (κ2) is 7.63. The molecule has 1 aliphatic rings. The van der Waals surface area contributed by atoms with Crippen LogP contribution in [0.5, 0.6) is 0 Å². The Balaban J connectivity index is 2.22. The fourth-order valence-corrected chi connectivity index (χ4v) is 3.23. The third kappa shape index (κ3) is 4.19. The van der Waals surface area contributed by atoms with Crippen LogP contribution in [0.15, 0.2) is 22.7 Å². The van der Waals surface area contributed by atoms with E-state index in [1.54, 1.807) is 0 Å². The number of benzene rings is 1. The minimum Gasteiger partial charge on any atom is -0.381 e. The molecule has 1 fully saturated rings. The summed E-state index contributed by atoms with van der Waals surface area (Å²) in [5.74, 6) is 0.507. The summed E-state index contributed by atoms with van der Waals surface area (Å²) in [7, 11) is 0. The van der Waals surface area contributed by atoms with E-state index in [1.165, 1.54) is 12.0 Å². The van der Waals surface area contributed by atoms with Gasteiger partial charge in [0.15, 0.2) is 0 Å². The smallest absolute Gasteiger partial charge is 0.0512 e. The van der Waals surface area contributed by atoms with Gasteiger partial charge in [-0.2, -0.15) is 0 Å². The number of nitrogens with one attached hydrogen (secondary N) is 1. The topological polar surface area (TPSA) is 21.3 Å². The molecule has 0 aromatic heterocycles. The fourth-order valence-electron chi connectivity index (χ4n) is 2.61. The molecule has 2 unspecified atom stereocenters. The molecule has 19 heavy (non-hydrogen) atoms. The quantitative estimate of drug-likeness (QED) is 0.843. The summed E-state index contributed by atoms with van der Waals surface area (Å²) >= 11 is 9.93. The summed E-state index contributed by atoms with van der Waals surface area (Å²) in [6.45, 7) is 4.90. The maximum absolute atomic E-state index is 6.39. The lowest BCUT2D eigenvalue weighted by atomic mass is 9.88. The highest BCUT2D eigenvalue weighted by molar-refractivity contribution is 9.10. The standard InChI is InChI=1S/C15H21BrClNO/c1-2-7-18-15(11-4-3-8-19-10-11)13-9-12(16)5-6-14(13)17/h5-6,9,11,15,18H,2-4,7-8,10H2,1H3. The predicted molar refractivity (Wildman–Crippen MR) is 83.7 cm³/mol. The zero-order valence-electron chi connectivity index (χ0n) is 11.3. The highest BCUT2D eigenvalue weighted by Gasteiger charge is 2.26. The van der Waals surface area contributed by atoms with Crippen LogP contribution in [-0.2, 0) is 4.74 Å². The monoisotopic (exact) mass is 345 g/mol. The van der Waals surface area contributed by atoms with E-state index in [0.29, 0.717) is 5.92 Å². The number of hydrogen-bond donors (Lipinski definition) is 1. The molecular weight excluding hydrogens is 326 g/mol. The SMILES string of the molecule is CCCNC(c1cc(Br)ccc1Cl)C1CCCOC1. The van der Waals surface area contributed by atoms with E-state index >= 15 is 0 Å². The number of hydrogen-bond acceptors (Lipinski definition) is 2. The van der Waals surface area contributed by atoms with E-state index in [0.717, 1.165) is 42.1 Å². The molecule has 0 aliphatic carbocycles. The van der Waals surface area contributed by atoms with Crippen LogP contribution in [0.4, 0.5) is 0 Å². The first kappa shape index (κ1) is 15.3. The van der Waals surface area contributed by atoms with E-state index in [1.807, 2.05) is 12.1 Å². The van der Waals surface area contributed by atoms with Gasteiger partial charge in [-0.15, -0.1) is 0 Å². The van der Waals surface area contributed by atoms with E-state index < -0.39 is 0 Å². The average molecular weight is 347 g/mol. The van der Waals surface area contributed by atoms with Crippen LogP contribution in [0.25, 0.3) is 0 Å². The van der Waals surface area contributed by atoms with Gasteiger partial charge in [0.2, 0.25) is 0 Å². The van der Waals surface area contributed by atoms with Crippen molar-refractivity contribution in [2.24, 2.45) is 5.92 Å². The van der Waals surface area contributed by atoms with Crippen LogP contribution >= 0.6 is 27.5 Å². The summed E-state index contributed by atoms with van der Waals surface area (Å²) in [5.41, 5.74) is 1.18. The lowest BCUT2D eigenvalue weighted by Gasteiger charge is -2.32. The molecular formula is C15H21BrClNO.